The van der Waals surface area contributed by atoms with Crippen molar-refractivity contribution in [3.05, 3.63) is 60.3 Å². The smallest absolute Gasteiger partial charge is 0.414 e. The number of ether oxygens (including phenoxy) is 2. The Bertz CT molecular complexity index is 1530. The molecule has 0 radical (unpaired) electrons. The molecule has 15 heteroatoms. The summed E-state index contributed by atoms with van der Waals surface area (Å²) in [7, 11) is -0.401. The van der Waals surface area contributed by atoms with E-state index in [1.807, 2.05) is 13.8 Å². The summed E-state index contributed by atoms with van der Waals surface area (Å²) in [5.74, 6) is -2.24. The van der Waals surface area contributed by atoms with Gasteiger partial charge in [-0.2, -0.15) is 4.98 Å². The van der Waals surface area contributed by atoms with E-state index in [9.17, 15) is 26.8 Å². The van der Waals surface area contributed by atoms with E-state index in [2.05, 4.69) is 15.3 Å². The van der Waals surface area contributed by atoms with Crippen molar-refractivity contribution in [1.82, 2.24) is 14.9 Å². The van der Waals surface area contributed by atoms with E-state index in [1.54, 1.807) is 4.90 Å². The number of hydrogen-bond donors (Lipinski definition) is 1. The molecule has 226 valence electrons. The summed E-state index contributed by atoms with van der Waals surface area (Å²) in [4.78, 5) is 35.5. The second kappa shape index (κ2) is 13.4. The minimum Gasteiger partial charge on any atom is -0.425 e. The van der Waals surface area contributed by atoms with Crippen LogP contribution in [0.4, 0.5) is 31.0 Å². The summed E-state index contributed by atoms with van der Waals surface area (Å²) in [6.45, 7) is 6.30. The van der Waals surface area contributed by atoms with Crippen LogP contribution >= 0.6 is 0 Å². The molecule has 0 aliphatic heterocycles. The second-order valence-corrected chi connectivity index (χ2v) is 11.1. The second-order valence-electron chi connectivity index (χ2n) is 9.14. The molecule has 1 amide bonds. The highest BCUT2D eigenvalue weighted by Gasteiger charge is 2.30. The number of sulfonamides is 1. The summed E-state index contributed by atoms with van der Waals surface area (Å²) < 4.78 is 66.1. The number of aromatic nitrogens is 2. The van der Waals surface area contributed by atoms with Gasteiger partial charge >= 0.3 is 12.1 Å². The van der Waals surface area contributed by atoms with Crippen LogP contribution < -0.4 is 24.0 Å². The van der Waals surface area contributed by atoms with Crippen molar-refractivity contribution in [2.24, 2.45) is 0 Å². The molecule has 0 fully saturated rings. The Balaban J connectivity index is 1.89. The van der Waals surface area contributed by atoms with Crippen LogP contribution in [0.2, 0.25) is 0 Å². The highest BCUT2D eigenvalue weighted by atomic mass is 32.2. The Morgan fingerprint density at radius 3 is 2.14 bits per heavy atom. The Labute approximate surface area is 242 Å². The van der Waals surface area contributed by atoms with Gasteiger partial charge in [-0.05, 0) is 63.2 Å². The topological polar surface area (TPSA) is 134 Å². The number of nitrogens with zero attached hydrogens (tertiary/aromatic N) is 5. The minimum atomic E-state index is -4.61. The number of carbonyl (C=O) groups is 2. The van der Waals surface area contributed by atoms with Gasteiger partial charge in [0.2, 0.25) is 5.95 Å². The van der Waals surface area contributed by atoms with Crippen LogP contribution in [-0.2, 0) is 14.8 Å². The van der Waals surface area contributed by atoms with Gasteiger partial charge in [0.05, 0.1) is 6.20 Å². The van der Waals surface area contributed by atoms with E-state index >= 15 is 0 Å². The van der Waals surface area contributed by atoms with Gasteiger partial charge in [0, 0.05) is 34.2 Å². The highest BCUT2D eigenvalue weighted by Crippen LogP contribution is 2.31. The van der Waals surface area contributed by atoms with Gasteiger partial charge in [-0.15, -0.1) is 0 Å². The fourth-order valence-corrected chi connectivity index (χ4v) is 4.81. The van der Waals surface area contributed by atoms with Gasteiger partial charge in [0.25, 0.3) is 10.0 Å². The quantitative estimate of drug-likeness (QED) is 0.253. The SMILES string of the molecule is CCN(CC)c1ncc(N(C)S(=O)(=O)c2cc(F)ccc2F)c(NC(C)C(=O)Oc2ccc(OC(=O)N(C)C)cc2)n1. The van der Waals surface area contributed by atoms with Crippen LogP contribution in [0.5, 0.6) is 11.5 Å². The number of carbonyl (C=O) groups excluding carboxylic acids is 2. The molecule has 3 aromatic rings. The lowest BCUT2D eigenvalue weighted by Crippen LogP contribution is -2.34. The van der Waals surface area contributed by atoms with Crippen LogP contribution in [0.25, 0.3) is 0 Å². The predicted octanol–water partition coefficient (Wildman–Crippen LogP) is 3.89. The average Bonchev–Trinajstić information content (AvgIpc) is 2.95. The molecule has 12 nitrogen and oxygen atoms in total. The lowest BCUT2D eigenvalue weighted by molar-refractivity contribution is -0.134. The number of hydrogen-bond acceptors (Lipinski definition) is 10. The maximum Gasteiger partial charge on any atom is 0.414 e. The Morgan fingerprint density at radius 2 is 1.57 bits per heavy atom. The van der Waals surface area contributed by atoms with Gasteiger partial charge in [-0.25, -0.2) is 31.8 Å². The molecule has 0 saturated carbocycles. The number of amides is 1. The van der Waals surface area contributed by atoms with Crippen LogP contribution in [-0.4, -0.2) is 75.6 Å². The molecule has 1 heterocycles. The van der Waals surface area contributed by atoms with E-state index in [0.717, 1.165) is 13.1 Å². The summed E-state index contributed by atoms with van der Waals surface area (Å²) >= 11 is 0. The van der Waals surface area contributed by atoms with E-state index in [4.69, 9.17) is 9.47 Å². The van der Waals surface area contributed by atoms with Crippen LogP contribution in [0.3, 0.4) is 0 Å². The summed E-state index contributed by atoms with van der Waals surface area (Å²) in [5.41, 5.74) is -0.124. The lowest BCUT2D eigenvalue weighted by Gasteiger charge is -2.25. The van der Waals surface area contributed by atoms with E-state index in [1.165, 1.54) is 56.4 Å². The number of anilines is 3. The van der Waals surface area contributed by atoms with E-state index in [0.29, 0.717) is 29.5 Å². The van der Waals surface area contributed by atoms with E-state index < -0.39 is 44.7 Å². The first-order chi connectivity index (χ1) is 19.8. The third kappa shape index (κ3) is 7.40. The zero-order chi connectivity index (χ0) is 31.2. The van der Waals surface area contributed by atoms with Crippen molar-refractivity contribution >= 4 is 39.5 Å². The first-order valence-electron chi connectivity index (χ1n) is 12.8. The van der Waals surface area contributed by atoms with Crippen molar-refractivity contribution < 1.29 is 36.3 Å². The van der Waals surface area contributed by atoms with E-state index in [-0.39, 0.29) is 29.0 Å². The predicted molar refractivity (Wildman–Crippen MR) is 152 cm³/mol. The van der Waals surface area contributed by atoms with Crippen molar-refractivity contribution in [2.45, 2.75) is 31.7 Å². The molecule has 1 N–H and O–H groups in total. The van der Waals surface area contributed by atoms with Crippen molar-refractivity contribution in [1.29, 1.82) is 0 Å². The standard InChI is InChI=1S/C27H32F2N6O6S/c1-7-35(8-2)26-30-16-22(34(6)42(38,39)23-15-18(28)9-14-21(23)29)24(32-26)31-17(3)25(36)40-19-10-12-20(13-11-19)41-27(37)33(4)5/h9-17H,7-8H2,1-6H3,(H,30,31,32). The lowest BCUT2D eigenvalue weighted by atomic mass is 10.3. The molecule has 0 aliphatic rings. The largest absolute Gasteiger partial charge is 0.425 e. The molecule has 0 saturated heterocycles. The molecule has 1 unspecified atom stereocenters. The number of esters is 1. The molecule has 1 atom stereocenters. The molecule has 1 aromatic heterocycles. The molecule has 0 aliphatic carbocycles. The maximum atomic E-state index is 14.4. The van der Waals surface area contributed by atoms with Gasteiger partial charge < -0.3 is 24.6 Å². The van der Waals surface area contributed by atoms with Crippen LogP contribution in [0, 0.1) is 11.6 Å². The fourth-order valence-electron chi connectivity index (χ4n) is 3.55. The molecular formula is C27H32F2N6O6S. The number of rotatable bonds is 11. The first kappa shape index (κ1) is 32.0. The minimum absolute atomic E-state index is 0.0646. The Morgan fingerprint density at radius 1 is 0.976 bits per heavy atom. The molecule has 42 heavy (non-hydrogen) atoms. The first-order valence-corrected chi connectivity index (χ1v) is 14.3. The van der Waals surface area contributed by atoms with Crippen molar-refractivity contribution in [2.75, 3.05) is 48.8 Å². The zero-order valence-corrected chi connectivity index (χ0v) is 24.8. The molecular weight excluding hydrogens is 574 g/mol. The third-order valence-corrected chi connectivity index (χ3v) is 7.78. The number of halogens is 2. The van der Waals surface area contributed by atoms with Gasteiger partial charge in [-0.1, -0.05) is 0 Å². The van der Waals surface area contributed by atoms with Gasteiger partial charge in [-0.3, -0.25) is 4.31 Å². The maximum absolute atomic E-state index is 14.4. The molecule has 3 rings (SSSR count). The van der Waals surface area contributed by atoms with Crippen LogP contribution in [0.1, 0.15) is 20.8 Å². The summed E-state index contributed by atoms with van der Waals surface area (Å²) in [6, 6.07) is 6.81. The summed E-state index contributed by atoms with van der Waals surface area (Å²) in [5, 5.41) is 2.85. The zero-order valence-electron chi connectivity index (χ0n) is 24.0. The number of benzene rings is 2. The van der Waals surface area contributed by atoms with Crippen LogP contribution in [0.15, 0.2) is 53.6 Å². The van der Waals surface area contributed by atoms with Gasteiger partial charge in [0.15, 0.2) is 5.82 Å². The third-order valence-electron chi connectivity index (χ3n) is 5.99. The molecule has 0 spiro atoms. The molecule has 0 bridgehead atoms. The van der Waals surface area contributed by atoms with Gasteiger partial charge in [0.1, 0.15) is 39.8 Å². The molecule has 2 aromatic carbocycles. The Kier molecular flexibility index (Phi) is 10.2. The average molecular weight is 607 g/mol. The monoisotopic (exact) mass is 606 g/mol. The van der Waals surface area contributed by atoms with Crippen molar-refractivity contribution in [3.63, 3.8) is 0 Å². The van der Waals surface area contributed by atoms with Crippen molar-refractivity contribution in [3.8, 4) is 11.5 Å². The highest BCUT2D eigenvalue weighted by molar-refractivity contribution is 7.92. The Hall–Kier alpha value is -4.53. The number of nitrogens with one attached hydrogen (secondary N) is 1. The normalized spacial score (nSPS) is 11.8. The summed E-state index contributed by atoms with van der Waals surface area (Å²) in [6.07, 6.45) is 0.637. The fraction of sp³-hybridized carbons (Fsp3) is 0.333.